The summed E-state index contributed by atoms with van der Waals surface area (Å²) in [5.41, 5.74) is 1.95. The topological polar surface area (TPSA) is 63.1 Å². The summed E-state index contributed by atoms with van der Waals surface area (Å²) in [6.07, 6.45) is 0. The largest absolute Gasteiger partial charge is 0.478 e. The van der Waals surface area contributed by atoms with Gasteiger partial charge in [0.05, 0.1) is 5.56 Å². The summed E-state index contributed by atoms with van der Waals surface area (Å²) in [6, 6.07) is 6.67. The van der Waals surface area contributed by atoms with E-state index in [0.717, 1.165) is 9.24 Å². The van der Waals surface area contributed by atoms with Crippen molar-refractivity contribution in [1.29, 1.82) is 0 Å². The number of carbonyl (C=O) groups is 1. The summed E-state index contributed by atoms with van der Waals surface area (Å²) >= 11 is 2.92. The van der Waals surface area contributed by atoms with Crippen LogP contribution in [0.3, 0.4) is 0 Å². The standard InChI is InChI=1S/C9H6N2O2S2/c12-8(13)6-1-3-7(4-2-6)15-9-11-10-5-14-9/h1-5H,(H,12,13). The lowest BCUT2D eigenvalue weighted by atomic mass is 10.2. The van der Waals surface area contributed by atoms with Crippen LogP contribution in [0.1, 0.15) is 10.4 Å². The summed E-state index contributed by atoms with van der Waals surface area (Å²) in [6.45, 7) is 0. The second-order valence-electron chi connectivity index (χ2n) is 2.64. The number of hydrogen-bond donors (Lipinski definition) is 1. The van der Waals surface area contributed by atoms with Gasteiger partial charge in [-0.15, -0.1) is 10.2 Å². The van der Waals surface area contributed by atoms with Crippen LogP contribution in [0.2, 0.25) is 0 Å². The first-order valence-electron chi connectivity index (χ1n) is 4.03. The van der Waals surface area contributed by atoms with Gasteiger partial charge in [-0.2, -0.15) is 0 Å². The van der Waals surface area contributed by atoms with E-state index in [1.165, 1.54) is 23.1 Å². The molecule has 0 atom stereocenters. The van der Waals surface area contributed by atoms with Crippen molar-refractivity contribution in [3.05, 3.63) is 35.3 Å². The second-order valence-corrected chi connectivity index (χ2v) is 4.79. The molecule has 1 N–H and O–H groups in total. The molecule has 0 spiro atoms. The lowest BCUT2D eigenvalue weighted by Crippen LogP contribution is -1.94. The van der Waals surface area contributed by atoms with Crippen LogP contribution in [0.4, 0.5) is 0 Å². The first-order valence-corrected chi connectivity index (χ1v) is 5.73. The SMILES string of the molecule is O=C(O)c1ccc(Sc2nncs2)cc1. The fourth-order valence-electron chi connectivity index (χ4n) is 0.974. The monoisotopic (exact) mass is 238 g/mol. The van der Waals surface area contributed by atoms with Crippen LogP contribution in [0, 0.1) is 0 Å². The normalized spacial score (nSPS) is 10.1. The summed E-state index contributed by atoms with van der Waals surface area (Å²) in [4.78, 5) is 11.6. The minimum atomic E-state index is -0.914. The van der Waals surface area contributed by atoms with Crippen LogP contribution in [0.15, 0.2) is 39.0 Å². The Morgan fingerprint density at radius 2 is 2.07 bits per heavy atom. The van der Waals surface area contributed by atoms with Crippen LogP contribution in [0.25, 0.3) is 0 Å². The van der Waals surface area contributed by atoms with E-state index < -0.39 is 5.97 Å². The van der Waals surface area contributed by atoms with E-state index in [1.807, 2.05) is 0 Å². The van der Waals surface area contributed by atoms with Gasteiger partial charge in [0, 0.05) is 4.90 Å². The first-order chi connectivity index (χ1) is 7.25. The highest BCUT2D eigenvalue weighted by Crippen LogP contribution is 2.28. The molecule has 0 aliphatic rings. The molecule has 6 heteroatoms. The van der Waals surface area contributed by atoms with Gasteiger partial charge in [-0.1, -0.05) is 23.1 Å². The van der Waals surface area contributed by atoms with Gasteiger partial charge in [-0.25, -0.2) is 4.79 Å². The van der Waals surface area contributed by atoms with Crippen LogP contribution in [-0.2, 0) is 0 Å². The molecule has 0 fully saturated rings. The molecule has 0 unspecified atom stereocenters. The van der Waals surface area contributed by atoms with Gasteiger partial charge in [0.1, 0.15) is 5.51 Å². The second kappa shape index (κ2) is 4.41. The number of carboxylic acids is 1. The number of aromatic nitrogens is 2. The molecule has 76 valence electrons. The maximum absolute atomic E-state index is 10.6. The van der Waals surface area contributed by atoms with Crippen molar-refractivity contribution >= 4 is 29.1 Å². The van der Waals surface area contributed by atoms with E-state index in [2.05, 4.69) is 10.2 Å². The minimum absolute atomic E-state index is 0.289. The van der Waals surface area contributed by atoms with Gasteiger partial charge in [-0.05, 0) is 24.3 Å². The summed E-state index contributed by atoms with van der Waals surface area (Å²) < 4.78 is 0.845. The fourth-order valence-corrected chi connectivity index (χ4v) is 2.42. The molecule has 2 aromatic rings. The van der Waals surface area contributed by atoms with E-state index >= 15 is 0 Å². The van der Waals surface area contributed by atoms with Gasteiger partial charge < -0.3 is 5.11 Å². The molecule has 0 radical (unpaired) electrons. The molecule has 1 aromatic heterocycles. The number of hydrogen-bond acceptors (Lipinski definition) is 5. The highest BCUT2D eigenvalue weighted by atomic mass is 32.2. The predicted molar refractivity (Wildman–Crippen MR) is 57.4 cm³/mol. The van der Waals surface area contributed by atoms with Crippen molar-refractivity contribution in [2.45, 2.75) is 9.24 Å². The summed E-state index contributed by atoms with van der Waals surface area (Å²) in [5, 5.41) is 16.3. The molecule has 0 amide bonds. The van der Waals surface area contributed by atoms with Crippen molar-refractivity contribution in [3.8, 4) is 0 Å². The van der Waals surface area contributed by atoms with Crippen LogP contribution < -0.4 is 0 Å². The maximum atomic E-state index is 10.6. The van der Waals surface area contributed by atoms with Gasteiger partial charge in [-0.3, -0.25) is 0 Å². The highest BCUT2D eigenvalue weighted by molar-refractivity contribution is 8.01. The third-order valence-corrected chi connectivity index (χ3v) is 3.43. The Morgan fingerprint density at radius 3 is 2.60 bits per heavy atom. The Balaban J connectivity index is 2.14. The number of aromatic carboxylic acids is 1. The molecule has 1 heterocycles. The molecule has 0 bridgehead atoms. The average Bonchev–Trinajstić information content (AvgIpc) is 2.71. The molecular weight excluding hydrogens is 232 g/mol. The Hall–Kier alpha value is -1.40. The van der Waals surface area contributed by atoms with Gasteiger partial charge >= 0.3 is 5.97 Å². The van der Waals surface area contributed by atoms with E-state index in [0.29, 0.717) is 0 Å². The zero-order valence-corrected chi connectivity index (χ0v) is 9.09. The third kappa shape index (κ3) is 2.54. The lowest BCUT2D eigenvalue weighted by molar-refractivity contribution is 0.0697. The van der Waals surface area contributed by atoms with Crippen molar-refractivity contribution in [2.24, 2.45) is 0 Å². The Kier molecular flexibility index (Phi) is 2.98. The van der Waals surface area contributed by atoms with Crippen LogP contribution in [-0.4, -0.2) is 21.3 Å². The fraction of sp³-hybridized carbons (Fsp3) is 0. The van der Waals surface area contributed by atoms with Gasteiger partial charge in [0.25, 0.3) is 0 Å². The van der Waals surface area contributed by atoms with Crippen LogP contribution in [0.5, 0.6) is 0 Å². The summed E-state index contributed by atoms with van der Waals surface area (Å²) in [5.74, 6) is -0.914. The number of benzene rings is 1. The van der Waals surface area contributed by atoms with Crippen molar-refractivity contribution in [1.82, 2.24) is 10.2 Å². The first kappa shape index (κ1) is 10.1. The smallest absolute Gasteiger partial charge is 0.335 e. The molecule has 15 heavy (non-hydrogen) atoms. The zero-order chi connectivity index (χ0) is 10.7. The van der Waals surface area contributed by atoms with E-state index in [4.69, 9.17) is 5.11 Å². The zero-order valence-electron chi connectivity index (χ0n) is 7.45. The lowest BCUT2D eigenvalue weighted by Gasteiger charge is -1.97. The average molecular weight is 238 g/mol. The molecule has 0 saturated heterocycles. The van der Waals surface area contributed by atoms with Crippen molar-refractivity contribution < 1.29 is 9.90 Å². The number of carboxylic acid groups (broad SMARTS) is 1. The Morgan fingerprint density at radius 1 is 1.33 bits per heavy atom. The van der Waals surface area contributed by atoms with E-state index in [-0.39, 0.29) is 5.56 Å². The summed E-state index contributed by atoms with van der Waals surface area (Å²) in [7, 11) is 0. The predicted octanol–water partition coefficient (Wildman–Crippen LogP) is 2.39. The molecule has 0 aliphatic carbocycles. The van der Waals surface area contributed by atoms with E-state index in [1.54, 1.807) is 29.8 Å². The van der Waals surface area contributed by atoms with Crippen LogP contribution >= 0.6 is 23.1 Å². The third-order valence-electron chi connectivity index (χ3n) is 1.65. The molecular formula is C9H6N2O2S2. The van der Waals surface area contributed by atoms with Crippen molar-refractivity contribution in [2.75, 3.05) is 0 Å². The molecule has 0 aliphatic heterocycles. The van der Waals surface area contributed by atoms with E-state index in [9.17, 15) is 4.79 Å². The maximum Gasteiger partial charge on any atom is 0.335 e. The van der Waals surface area contributed by atoms with Gasteiger partial charge in [0.15, 0.2) is 4.34 Å². The molecule has 4 nitrogen and oxygen atoms in total. The number of rotatable bonds is 3. The van der Waals surface area contributed by atoms with Gasteiger partial charge in [0.2, 0.25) is 0 Å². The Bertz CT molecular complexity index is 453. The number of nitrogens with zero attached hydrogens (tertiary/aromatic N) is 2. The minimum Gasteiger partial charge on any atom is -0.478 e. The Labute approximate surface area is 94.0 Å². The highest BCUT2D eigenvalue weighted by Gasteiger charge is 2.04. The molecule has 2 rings (SSSR count). The quantitative estimate of drug-likeness (QED) is 0.889. The molecule has 1 aromatic carbocycles. The van der Waals surface area contributed by atoms with Crippen molar-refractivity contribution in [3.63, 3.8) is 0 Å². The molecule has 0 saturated carbocycles.